The van der Waals surface area contributed by atoms with Crippen LogP contribution < -0.4 is 0 Å². The molecule has 0 aromatic heterocycles. The molecule has 0 unspecified atom stereocenters. The van der Waals surface area contributed by atoms with Crippen LogP contribution in [0.2, 0.25) is 0 Å². The van der Waals surface area contributed by atoms with Gasteiger partial charge in [0.2, 0.25) is 0 Å². The van der Waals surface area contributed by atoms with E-state index in [2.05, 4.69) is 33.8 Å². The molecule has 0 saturated heterocycles. The number of phenolic OH excluding ortho intramolecular Hbond substituents is 1. The van der Waals surface area contributed by atoms with Gasteiger partial charge in [-0.3, -0.25) is 0 Å². The molecule has 1 N–H and O–H groups in total. The first-order chi connectivity index (χ1) is 9.19. The van der Waals surface area contributed by atoms with E-state index in [0.717, 1.165) is 51.4 Å². The van der Waals surface area contributed by atoms with E-state index in [4.69, 9.17) is 0 Å². The molecule has 0 saturated carbocycles. The molecule has 0 atom stereocenters. The van der Waals surface area contributed by atoms with Gasteiger partial charge in [-0.2, -0.15) is 0 Å². The van der Waals surface area contributed by atoms with Crippen molar-refractivity contribution in [2.45, 2.75) is 79.1 Å². The van der Waals surface area contributed by atoms with Crippen LogP contribution in [0, 0.1) is 0 Å². The average Bonchev–Trinajstić information content (AvgIpc) is 2.39. The predicted octanol–water partition coefficient (Wildman–Crippen LogP) is 5.20. The maximum absolute atomic E-state index is 10.7. The Bertz CT molecular complexity index is 359. The van der Waals surface area contributed by atoms with Gasteiger partial charge in [-0.1, -0.05) is 59.4 Å². The van der Waals surface area contributed by atoms with Crippen LogP contribution in [-0.2, 0) is 25.7 Å². The highest BCUT2D eigenvalue weighted by Crippen LogP contribution is 2.33. The quantitative estimate of drug-likeness (QED) is 0.682. The first-order valence-corrected chi connectivity index (χ1v) is 8.04. The van der Waals surface area contributed by atoms with Gasteiger partial charge in [0.25, 0.3) is 0 Å². The fourth-order valence-corrected chi connectivity index (χ4v) is 2.91. The molecule has 0 bridgehead atoms. The smallest absolute Gasteiger partial charge is 0.122 e. The molecule has 0 radical (unpaired) electrons. The standard InChI is InChI=1S/C18H30O/c1-5-9-14-13-15(10-6-2)17(12-8-4)18(19)16(14)11-7-3/h13,19H,5-12H2,1-4H3. The third-order valence-corrected chi connectivity index (χ3v) is 3.73. The van der Waals surface area contributed by atoms with Gasteiger partial charge in [0.05, 0.1) is 0 Å². The van der Waals surface area contributed by atoms with Gasteiger partial charge < -0.3 is 5.11 Å². The van der Waals surface area contributed by atoms with Gasteiger partial charge in [-0.15, -0.1) is 0 Å². The summed E-state index contributed by atoms with van der Waals surface area (Å²) < 4.78 is 0. The maximum Gasteiger partial charge on any atom is 0.122 e. The molecule has 1 heteroatoms. The predicted molar refractivity (Wildman–Crippen MR) is 84.1 cm³/mol. The molecule has 0 fully saturated rings. The minimum atomic E-state index is 0.609. The van der Waals surface area contributed by atoms with Crippen LogP contribution in [0.1, 0.15) is 75.6 Å². The number of phenols is 1. The minimum absolute atomic E-state index is 0.609. The minimum Gasteiger partial charge on any atom is -0.507 e. The molecule has 1 rings (SSSR count). The van der Waals surface area contributed by atoms with Crippen molar-refractivity contribution in [3.8, 4) is 5.75 Å². The Morgan fingerprint density at radius 3 is 1.37 bits per heavy atom. The van der Waals surface area contributed by atoms with Crippen LogP contribution in [0.4, 0.5) is 0 Å². The number of benzene rings is 1. The van der Waals surface area contributed by atoms with Crippen molar-refractivity contribution >= 4 is 0 Å². The lowest BCUT2D eigenvalue weighted by Gasteiger charge is -2.18. The van der Waals surface area contributed by atoms with Crippen LogP contribution >= 0.6 is 0 Å². The second-order valence-corrected chi connectivity index (χ2v) is 5.50. The van der Waals surface area contributed by atoms with E-state index >= 15 is 0 Å². The highest BCUT2D eigenvalue weighted by Gasteiger charge is 2.15. The SMILES string of the molecule is CCCc1cc(CCC)c(CCC)c(O)c1CCC. The summed E-state index contributed by atoms with van der Waals surface area (Å²) >= 11 is 0. The van der Waals surface area contributed by atoms with Gasteiger partial charge in [0, 0.05) is 0 Å². The second kappa shape index (κ2) is 8.24. The molecule has 0 aliphatic heterocycles. The number of aromatic hydroxyl groups is 1. The second-order valence-electron chi connectivity index (χ2n) is 5.50. The molecular formula is C18H30O. The molecule has 0 aliphatic rings. The summed E-state index contributed by atoms with van der Waals surface area (Å²) in [5.41, 5.74) is 5.19. The summed E-state index contributed by atoms with van der Waals surface area (Å²) in [6, 6.07) is 2.38. The molecule has 108 valence electrons. The van der Waals surface area contributed by atoms with Gasteiger partial charge >= 0.3 is 0 Å². The lowest BCUT2D eigenvalue weighted by Crippen LogP contribution is -2.03. The summed E-state index contributed by atoms with van der Waals surface area (Å²) in [4.78, 5) is 0. The van der Waals surface area contributed by atoms with Crippen molar-refractivity contribution in [3.63, 3.8) is 0 Å². The molecule has 19 heavy (non-hydrogen) atoms. The number of hydrogen-bond donors (Lipinski definition) is 1. The van der Waals surface area contributed by atoms with Gasteiger partial charge in [0.1, 0.15) is 5.75 Å². The number of hydrogen-bond acceptors (Lipinski definition) is 1. The van der Waals surface area contributed by atoms with Crippen molar-refractivity contribution in [2.24, 2.45) is 0 Å². The zero-order valence-corrected chi connectivity index (χ0v) is 13.2. The lowest BCUT2D eigenvalue weighted by molar-refractivity contribution is 0.457. The Labute approximate surface area is 119 Å². The van der Waals surface area contributed by atoms with Gasteiger partial charge in [-0.25, -0.2) is 0 Å². The third-order valence-electron chi connectivity index (χ3n) is 3.73. The summed E-state index contributed by atoms with van der Waals surface area (Å²) in [6.07, 6.45) is 8.68. The monoisotopic (exact) mass is 262 g/mol. The lowest BCUT2D eigenvalue weighted by atomic mass is 9.89. The Kier molecular flexibility index (Phi) is 6.97. The normalized spacial score (nSPS) is 10.9. The van der Waals surface area contributed by atoms with E-state index in [0.29, 0.717) is 5.75 Å². The number of rotatable bonds is 8. The van der Waals surface area contributed by atoms with E-state index in [1.165, 1.54) is 22.3 Å². The molecule has 1 aromatic carbocycles. The average molecular weight is 262 g/mol. The Hall–Kier alpha value is -0.980. The van der Waals surface area contributed by atoms with E-state index in [1.807, 2.05) is 0 Å². The van der Waals surface area contributed by atoms with Crippen LogP contribution in [0.25, 0.3) is 0 Å². The summed E-state index contributed by atoms with van der Waals surface area (Å²) in [6.45, 7) is 8.81. The highest BCUT2D eigenvalue weighted by atomic mass is 16.3. The van der Waals surface area contributed by atoms with Crippen molar-refractivity contribution in [2.75, 3.05) is 0 Å². The van der Waals surface area contributed by atoms with E-state index in [-0.39, 0.29) is 0 Å². The first-order valence-electron chi connectivity index (χ1n) is 8.04. The number of aryl methyl sites for hydroxylation is 2. The van der Waals surface area contributed by atoms with Crippen LogP contribution in [0.15, 0.2) is 6.07 Å². The van der Waals surface area contributed by atoms with E-state index in [1.54, 1.807) is 0 Å². The first kappa shape index (κ1) is 16.1. The molecule has 0 spiro atoms. The Morgan fingerprint density at radius 2 is 1.05 bits per heavy atom. The van der Waals surface area contributed by atoms with Gasteiger partial charge in [0.15, 0.2) is 0 Å². The molecule has 0 aliphatic carbocycles. The summed E-state index contributed by atoms with van der Waals surface area (Å²) in [5.74, 6) is 0.609. The third kappa shape index (κ3) is 3.99. The summed E-state index contributed by atoms with van der Waals surface area (Å²) in [7, 11) is 0. The van der Waals surface area contributed by atoms with Crippen LogP contribution in [-0.4, -0.2) is 5.11 Å². The fraction of sp³-hybridized carbons (Fsp3) is 0.667. The zero-order valence-electron chi connectivity index (χ0n) is 13.2. The highest BCUT2D eigenvalue weighted by molar-refractivity contribution is 5.50. The van der Waals surface area contributed by atoms with E-state index in [9.17, 15) is 5.11 Å². The topological polar surface area (TPSA) is 20.2 Å². The molecule has 0 heterocycles. The maximum atomic E-state index is 10.7. The fourth-order valence-electron chi connectivity index (χ4n) is 2.91. The molecular weight excluding hydrogens is 232 g/mol. The molecule has 0 amide bonds. The zero-order chi connectivity index (χ0) is 14.3. The van der Waals surface area contributed by atoms with Crippen LogP contribution in [0.3, 0.4) is 0 Å². The summed E-state index contributed by atoms with van der Waals surface area (Å²) in [5, 5.41) is 10.7. The van der Waals surface area contributed by atoms with Crippen molar-refractivity contribution in [1.29, 1.82) is 0 Å². The van der Waals surface area contributed by atoms with Crippen molar-refractivity contribution in [3.05, 3.63) is 28.3 Å². The molecule has 1 nitrogen and oxygen atoms in total. The molecule has 1 aromatic rings. The van der Waals surface area contributed by atoms with Crippen LogP contribution in [0.5, 0.6) is 5.75 Å². The Morgan fingerprint density at radius 1 is 0.684 bits per heavy atom. The largest absolute Gasteiger partial charge is 0.507 e. The van der Waals surface area contributed by atoms with Gasteiger partial charge in [-0.05, 0) is 47.9 Å². The van der Waals surface area contributed by atoms with Crippen molar-refractivity contribution < 1.29 is 5.11 Å². The van der Waals surface area contributed by atoms with Crippen molar-refractivity contribution in [1.82, 2.24) is 0 Å². The Balaban J connectivity index is 3.31. The van der Waals surface area contributed by atoms with E-state index < -0.39 is 0 Å².